The number of H-pyrrole nitrogens is 1. The van der Waals surface area contributed by atoms with Crippen LogP contribution in [0.15, 0.2) is 0 Å². The summed E-state index contributed by atoms with van der Waals surface area (Å²) >= 11 is 0. The smallest absolute Gasteiger partial charge is 0.151 e. The van der Waals surface area contributed by atoms with Crippen LogP contribution < -0.4 is 0 Å². The van der Waals surface area contributed by atoms with Crippen molar-refractivity contribution in [1.29, 1.82) is 0 Å². The second kappa shape index (κ2) is 6.22. The lowest BCUT2D eigenvalue weighted by atomic mass is 10.1. The number of sulfone groups is 1. The molecule has 0 spiro atoms. The molecule has 1 saturated heterocycles. The summed E-state index contributed by atoms with van der Waals surface area (Å²) in [6.07, 6.45) is 2.40. The van der Waals surface area contributed by atoms with Gasteiger partial charge in [0.25, 0.3) is 0 Å². The third kappa shape index (κ3) is 4.28. The lowest BCUT2D eigenvalue weighted by Crippen LogP contribution is -2.34. The van der Waals surface area contributed by atoms with Crippen LogP contribution in [0.4, 0.5) is 0 Å². The molecule has 1 aliphatic rings. The first-order valence-electron chi connectivity index (χ1n) is 7.16. The molecule has 6 nitrogen and oxygen atoms in total. The van der Waals surface area contributed by atoms with Gasteiger partial charge in [-0.2, -0.15) is 5.10 Å². The Morgan fingerprint density at radius 2 is 2.20 bits per heavy atom. The van der Waals surface area contributed by atoms with Gasteiger partial charge in [-0.1, -0.05) is 13.8 Å². The average Bonchev–Trinajstić information content (AvgIpc) is 2.92. The van der Waals surface area contributed by atoms with Crippen molar-refractivity contribution in [3.05, 3.63) is 11.6 Å². The van der Waals surface area contributed by atoms with E-state index in [9.17, 15) is 8.42 Å². The molecule has 0 aliphatic carbocycles. The fourth-order valence-electron chi connectivity index (χ4n) is 2.51. The number of aromatic amines is 1. The molecule has 0 bridgehead atoms. The maximum absolute atomic E-state index is 11.5. The van der Waals surface area contributed by atoms with Crippen LogP contribution in [-0.2, 0) is 22.7 Å². The van der Waals surface area contributed by atoms with Crippen molar-refractivity contribution in [2.75, 3.05) is 25.1 Å². The molecule has 1 aliphatic heterocycles. The predicted molar refractivity (Wildman–Crippen MR) is 78.3 cm³/mol. The normalized spacial score (nSPS) is 21.9. The predicted octanol–water partition coefficient (Wildman–Crippen LogP) is 0.665. The largest absolute Gasteiger partial charge is 0.302 e. The van der Waals surface area contributed by atoms with Crippen LogP contribution in [0.25, 0.3) is 0 Å². The van der Waals surface area contributed by atoms with Crippen molar-refractivity contribution in [1.82, 2.24) is 20.1 Å². The molecule has 1 fully saturated rings. The summed E-state index contributed by atoms with van der Waals surface area (Å²) in [7, 11) is -0.833. The van der Waals surface area contributed by atoms with E-state index < -0.39 is 9.84 Å². The van der Waals surface area contributed by atoms with Crippen LogP contribution >= 0.6 is 0 Å². The summed E-state index contributed by atoms with van der Waals surface area (Å²) in [5.41, 5.74) is 0. The van der Waals surface area contributed by atoms with Gasteiger partial charge in [-0.05, 0) is 19.4 Å². The second-order valence-electron chi connectivity index (χ2n) is 6.08. The minimum Gasteiger partial charge on any atom is -0.302 e. The zero-order valence-electron chi connectivity index (χ0n) is 12.5. The van der Waals surface area contributed by atoms with Crippen molar-refractivity contribution in [3.63, 3.8) is 0 Å². The molecule has 0 saturated carbocycles. The lowest BCUT2D eigenvalue weighted by Gasteiger charge is -2.22. The molecule has 1 aromatic rings. The summed E-state index contributed by atoms with van der Waals surface area (Å²) in [6, 6.07) is 0.147. The highest BCUT2D eigenvalue weighted by Gasteiger charge is 2.30. The summed E-state index contributed by atoms with van der Waals surface area (Å²) < 4.78 is 22.9. The highest BCUT2D eigenvalue weighted by atomic mass is 32.2. The molecular formula is C13H24N4O2S. The standard InChI is InChI=1S/C13H24N4O2S/c1-10(2)8-13-14-12(15-16-13)4-6-17(3)11-5-7-20(18,19)9-11/h10-11H,4-9H2,1-3H3,(H,14,15,16). The Bertz CT molecular complexity index is 538. The first-order valence-corrected chi connectivity index (χ1v) is 8.98. The molecule has 20 heavy (non-hydrogen) atoms. The Hall–Kier alpha value is -0.950. The minimum atomic E-state index is -2.81. The third-order valence-corrected chi connectivity index (χ3v) is 5.45. The monoisotopic (exact) mass is 300 g/mol. The Balaban J connectivity index is 1.81. The molecule has 1 unspecified atom stereocenters. The van der Waals surface area contributed by atoms with Gasteiger partial charge in [0.2, 0.25) is 0 Å². The van der Waals surface area contributed by atoms with E-state index in [1.165, 1.54) is 0 Å². The van der Waals surface area contributed by atoms with Gasteiger partial charge in [-0.15, -0.1) is 0 Å². The number of hydrogen-bond donors (Lipinski definition) is 1. The number of nitrogens with one attached hydrogen (secondary N) is 1. The van der Waals surface area contributed by atoms with Crippen molar-refractivity contribution in [2.45, 2.75) is 39.2 Å². The summed E-state index contributed by atoms with van der Waals surface area (Å²) in [4.78, 5) is 6.58. The van der Waals surface area contributed by atoms with Gasteiger partial charge < -0.3 is 4.90 Å². The second-order valence-corrected chi connectivity index (χ2v) is 8.31. The van der Waals surface area contributed by atoms with E-state index in [0.29, 0.717) is 11.7 Å². The van der Waals surface area contributed by atoms with Crippen LogP contribution in [0.1, 0.15) is 31.9 Å². The summed E-state index contributed by atoms with van der Waals surface area (Å²) in [5, 5.41) is 7.18. The van der Waals surface area contributed by atoms with Crippen LogP contribution in [0, 0.1) is 5.92 Å². The van der Waals surface area contributed by atoms with E-state index in [1.807, 2.05) is 7.05 Å². The first kappa shape index (κ1) is 15.4. The quantitative estimate of drug-likeness (QED) is 0.835. The van der Waals surface area contributed by atoms with E-state index in [1.54, 1.807) is 0 Å². The molecule has 114 valence electrons. The zero-order chi connectivity index (χ0) is 14.8. The summed E-state index contributed by atoms with van der Waals surface area (Å²) in [6.45, 7) is 5.09. The van der Waals surface area contributed by atoms with E-state index >= 15 is 0 Å². The molecule has 1 N–H and O–H groups in total. The maximum atomic E-state index is 11.5. The topological polar surface area (TPSA) is 79.0 Å². The first-order chi connectivity index (χ1) is 9.35. The number of likely N-dealkylation sites (N-methyl/N-ethyl adjacent to an activating group) is 1. The molecule has 1 atom stereocenters. The van der Waals surface area contributed by atoms with Gasteiger partial charge in [0.05, 0.1) is 11.5 Å². The van der Waals surface area contributed by atoms with Crippen molar-refractivity contribution < 1.29 is 8.42 Å². The molecule has 2 rings (SSSR count). The SMILES string of the molecule is CC(C)Cc1nc(CCN(C)C2CCS(=O)(=O)C2)n[nH]1. The number of aromatic nitrogens is 3. The highest BCUT2D eigenvalue weighted by molar-refractivity contribution is 7.91. The molecular weight excluding hydrogens is 276 g/mol. The Morgan fingerprint density at radius 3 is 2.80 bits per heavy atom. The van der Waals surface area contributed by atoms with Crippen LogP contribution in [0.5, 0.6) is 0 Å². The van der Waals surface area contributed by atoms with E-state index in [4.69, 9.17) is 0 Å². The van der Waals surface area contributed by atoms with E-state index in [0.717, 1.165) is 37.5 Å². The Kier molecular flexibility index (Phi) is 4.80. The van der Waals surface area contributed by atoms with Gasteiger partial charge in [0, 0.05) is 25.4 Å². The molecule has 0 radical (unpaired) electrons. The fraction of sp³-hybridized carbons (Fsp3) is 0.846. The molecule has 0 amide bonds. The number of nitrogens with zero attached hydrogens (tertiary/aromatic N) is 3. The molecule has 2 heterocycles. The third-order valence-electron chi connectivity index (χ3n) is 3.70. The Morgan fingerprint density at radius 1 is 1.45 bits per heavy atom. The van der Waals surface area contributed by atoms with Crippen molar-refractivity contribution in [3.8, 4) is 0 Å². The van der Waals surface area contributed by atoms with E-state index in [-0.39, 0.29) is 11.8 Å². The molecule has 0 aromatic carbocycles. The van der Waals surface area contributed by atoms with Crippen molar-refractivity contribution in [2.24, 2.45) is 5.92 Å². The summed E-state index contributed by atoms with van der Waals surface area (Å²) in [5.74, 6) is 2.91. The molecule has 1 aromatic heterocycles. The zero-order valence-corrected chi connectivity index (χ0v) is 13.3. The van der Waals surface area contributed by atoms with Crippen LogP contribution in [0.2, 0.25) is 0 Å². The number of rotatable bonds is 6. The number of hydrogen-bond acceptors (Lipinski definition) is 5. The Labute approximate surface area is 120 Å². The van der Waals surface area contributed by atoms with Crippen LogP contribution in [0.3, 0.4) is 0 Å². The minimum absolute atomic E-state index is 0.147. The lowest BCUT2D eigenvalue weighted by molar-refractivity contribution is 0.264. The van der Waals surface area contributed by atoms with Gasteiger partial charge in [0.1, 0.15) is 5.82 Å². The van der Waals surface area contributed by atoms with Crippen molar-refractivity contribution >= 4 is 9.84 Å². The molecule has 7 heteroatoms. The van der Waals surface area contributed by atoms with Gasteiger partial charge in [-0.3, -0.25) is 5.10 Å². The van der Waals surface area contributed by atoms with E-state index in [2.05, 4.69) is 33.9 Å². The average molecular weight is 300 g/mol. The van der Waals surface area contributed by atoms with Crippen LogP contribution in [-0.4, -0.2) is 59.6 Å². The highest BCUT2D eigenvalue weighted by Crippen LogP contribution is 2.16. The fourth-order valence-corrected chi connectivity index (χ4v) is 4.31. The van der Waals surface area contributed by atoms with Gasteiger partial charge >= 0.3 is 0 Å². The van der Waals surface area contributed by atoms with Gasteiger partial charge in [0.15, 0.2) is 15.7 Å². The maximum Gasteiger partial charge on any atom is 0.151 e. The van der Waals surface area contributed by atoms with Gasteiger partial charge in [-0.25, -0.2) is 13.4 Å².